The SMILES string of the molecule is CC(C)(CNC(=O)C1Cc2ccccc21)C(N)=S. The lowest BCUT2D eigenvalue weighted by Gasteiger charge is -2.31. The standard InChI is InChI=1S/C14H18N2OS/c1-14(2,13(15)18)8-16-12(17)11-7-9-5-3-4-6-10(9)11/h3-6,11H,7-8H2,1-2H3,(H2,15,18)(H,16,17). The Morgan fingerprint density at radius 3 is 2.78 bits per heavy atom. The molecule has 0 saturated carbocycles. The van der Waals surface area contributed by atoms with Crippen LogP contribution in [0.2, 0.25) is 0 Å². The zero-order valence-electron chi connectivity index (χ0n) is 10.7. The highest BCUT2D eigenvalue weighted by atomic mass is 32.1. The summed E-state index contributed by atoms with van der Waals surface area (Å²) >= 11 is 4.98. The van der Waals surface area contributed by atoms with E-state index in [1.54, 1.807) is 0 Å². The highest BCUT2D eigenvalue weighted by Gasteiger charge is 2.32. The Hall–Kier alpha value is -1.42. The number of nitrogens with two attached hydrogens (primary N) is 1. The summed E-state index contributed by atoms with van der Waals surface area (Å²) in [5.41, 5.74) is 7.71. The molecule has 1 aromatic rings. The molecule has 0 spiro atoms. The Morgan fingerprint density at radius 2 is 2.17 bits per heavy atom. The molecular formula is C14H18N2OS. The van der Waals surface area contributed by atoms with E-state index in [0.29, 0.717) is 11.5 Å². The van der Waals surface area contributed by atoms with Gasteiger partial charge in [-0.05, 0) is 17.5 Å². The fourth-order valence-corrected chi connectivity index (χ4v) is 2.08. The smallest absolute Gasteiger partial charge is 0.227 e. The van der Waals surface area contributed by atoms with Crippen molar-refractivity contribution in [3.63, 3.8) is 0 Å². The van der Waals surface area contributed by atoms with Crippen LogP contribution in [0.4, 0.5) is 0 Å². The normalized spacial score (nSPS) is 17.6. The molecule has 0 heterocycles. The molecule has 3 nitrogen and oxygen atoms in total. The van der Waals surface area contributed by atoms with E-state index >= 15 is 0 Å². The third-order valence-electron chi connectivity index (χ3n) is 3.54. The van der Waals surface area contributed by atoms with Crippen LogP contribution in [0.5, 0.6) is 0 Å². The Bertz CT molecular complexity index is 496. The summed E-state index contributed by atoms with van der Waals surface area (Å²) in [7, 11) is 0. The Kier molecular flexibility index (Phi) is 3.39. The van der Waals surface area contributed by atoms with Crippen LogP contribution in [0.1, 0.15) is 30.9 Å². The largest absolute Gasteiger partial charge is 0.393 e. The number of amides is 1. The van der Waals surface area contributed by atoms with Crippen molar-refractivity contribution >= 4 is 23.1 Å². The first-order valence-corrected chi connectivity index (χ1v) is 6.48. The number of rotatable bonds is 4. The van der Waals surface area contributed by atoms with Crippen LogP contribution in [0, 0.1) is 5.41 Å². The van der Waals surface area contributed by atoms with Gasteiger partial charge < -0.3 is 11.1 Å². The maximum absolute atomic E-state index is 12.1. The van der Waals surface area contributed by atoms with E-state index in [2.05, 4.69) is 11.4 Å². The number of carbonyl (C=O) groups is 1. The van der Waals surface area contributed by atoms with Crippen LogP contribution in [-0.4, -0.2) is 17.4 Å². The summed E-state index contributed by atoms with van der Waals surface area (Å²) in [5.74, 6) is 0.0568. The molecule has 0 bridgehead atoms. The maximum Gasteiger partial charge on any atom is 0.227 e. The molecule has 0 saturated heterocycles. The van der Waals surface area contributed by atoms with Crippen molar-refractivity contribution in [2.75, 3.05) is 6.54 Å². The monoisotopic (exact) mass is 262 g/mol. The van der Waals surface area contributed by atoms with Gasteiger partial charge in [-0.25, -0.2) is 0 Å². The van der Waals surface area contributed by atoms with Crippen LogP contribution in [0.3, 0.4) is 0 Å². The van der Waals surface area contributed by atoms with E-state index in [0.717, 1.165) is 12.0 Å². The molecule has 1 amide bonds. The highest BCUT2D eigenvalue weighted by Crippen LogP contribution is 2.34. The van der Waals surface area contributed by atoms with Gasteiger partial charge in [-0.1, -0.05) is 50.3 Å². The predicted molar refractivity (Wildman–Crippen MR) is 76.5 cm³/mol. The van der Waals surface area contributed by atoms with Crippen LogP contribution in [0.15, 0.2) is 24.3 Å². The van der Waals surface area contributed by atoms with Crippen molar-refractivity contribution in [1.82, 2.24) is 5.32 Å². The van der Waals surface area contributed by atoms with Crippen molar-refractivity contribution < 1.29 is 4.79 Å². The quantitative estimate of drug-likeness (QED) is 0.813. The summed E-state index contributed by atoms with van der Waals surface area (Å²) in [6.45, 7) is 4.36. The van der Waals surface area contributed by atoms with Crippen LogP contribution in [0.25, 0.3) is 0 Å². The van der Waals surface area contributed by atoms with Gasteiger partial charge in [-0.15, -0.1) is 0 Å². The van der Waals surface area contributed by atoms with Crippen LogP contribution < -0.4 is 11.1 Å². The fourth-order valence-electron chi connectivity index (χ4n) is 2.01. The van der Waals surface area contributed by atoms with E-state index in [1.165, 1.54) is 5.56 Å². The van der Waals surface area contributed by atoms with Gasteiger partial charge in [0, 0.05) is 12.0 Å². The number of carbonyl (C=O) groups excluding carboxylic acids is 1. The molecule has 0 radical (unpaired) electrons. The molecule has 18 heavy (non-hydrogen) atoms. The molecule has 3 N–H and O–H groups in total. The summed E-state index contributed by atoms with van der Waals surface area (Å²) in [4.78, 5) is 12.5. The zero-order chi connectivity index (χ0) is 13.3. The number of hydrogen-bond donors (Lipinski definition) is 2. The average Bonchev–Trinajstić information content (AvgIpc) is 2.28. The third kappa shape index (κ3) is 2.38. The molecule has 1 atom stereocenters. The summed E-state index contributed by atoms with van der Waals surface area (Å²) in [6.07, 6.45) is 0.829. The molecule has 1 aliphatic rings. The molecule has 0 fully saturated rings. The second-order valence-electron chi connectivity index (χ2n) is 5.42. The Labute approximate surface area is 113 Å². The van der Waals surface area contributed by atoms with Crippen LogP contribution >= 0.6 is 12.2 Å². The zero-order valence-corrected chi connectivity index (χ0v) is 11.5. The van der Waals surface area contributed by atoms with E-state index in [1.807, 2.05) is 32.0 Å². The molecule has 1 aromatic carbocycles. The van der Waals surface area contributed by atoms with Gasteiger partial charge in [0.05, 0.1) is 10.9 Å². The molecule has 96 valence electrons. The maximum atomic E-state index is 12.1. The number of fused-ring (bicyclic) bond motifs is 1. The molecule has 2 rings (SSSR count). The summed E-state index contributed by atoms with van der Waals surface area (Å²) in [5, 5.41) is 2.94. The lowest BCUT2D eigenvalue weighted by Crippen LogP contribution is -2.44. The van der Waals surface area contributed by atoms with E-state index < -0.39 is 0 Å². The average molecular weight is 262 g/mol. The van der Waals surface area contributed by atoms with Crippen molar-refractivity contribution in [3.8, 4) is 0 Å². The minimum atomic E-state index is -0.339. The number of thiocarbonyl (C=S) groups is 1. The van der Waals surface area contributed by atoms with Gasteiger partial charge in [-0.3, -0.25) is 4.79 Å². The van der Waals surface area contributed by atoms with Crippen molar-refractivity contribution in [2.24, 2.45) is 11.1 Å². The topological polar surface area (TPSA) is 55.1 Å². The molecule has 0 aliphatic heterocycles. The van der Waals surface area contributed by atoms with E-state index in [-0.39, 0.29) is 17.2 Å². The van der Waals surface area contributed by atoms with Gasteiger partial charge in [0.1, 0.15) is 0 Å². The van der Waals surface area contributed by atoms with Crippen molar-refractivity contribution in [2.45, 2.75) is 26.2 Å². The second-order valence-corrected chi connectivity index (χ2v) is 5.86. The van der Waals surface area contributed by atoms with Gasteiger partial charge in [-0.2, -0.15) is 0 Å². The lowest BCUT2D eigenvalue weighted by atomic mass is 9.77. The molecule has 1 aliphatic carbocycles. The first-order chi connectivity index (χ1) is 8.42. The number of hydrogen-bond acceptors (Lipinski definition) is 2. The van der Waals surface area contributed by atoms with E-state index in [9.17, 15) is 4.79 Å². The highest BCUT2D eigenvalue weighted by molar-refractivity contribution is 7.80. The van der Waals surface area contributed by atoms with Gasteiger partial charge >= 0.3 is 0 Å². The Morgan fingerprint density at radius 1 is 1.50 bits per heavy atom. The Balaban J connectivity index is 1.94. The predicted octanol–water partition coefficient (Wildman–Crippen LogP) is 1.75. The van der Waals surface area contributed by atoms with Crippen molar-refractivity contribution in [3.05, 3.63) is 35.4 Å². The first kappa shape index (κ1) is 13.0. The fraction of sp³-hybridized carbons (Fsp3) is 0.429. The van der Waals surface area contributed by atoms with Gasteiger partial charge in [0.2, 0.25) is 5.91 Å². The molecule has 4 heteroatoms. The number of benzene rings is 1. The van der Waals surface area contributed by atoms with Gasteiger partial charge in [0.25, 0.3) is 0 Å². The molecule has 1 unspecified atom stereocenters. The molecular weight excluding hydrogens is 244 g/mol. The second kappa shape index (κ2) is 4.69. The number of nitrogens with one attached hydrogen (secondary N) is 1. The minimum absolute atomic E-state index is 0.0108. The summed E-state index contributed by atoms with van der Waals surface area (Å²) in [6, 6.07) is 8.06. The van der Waals surface area contributed by atoms with E-state index in [4.69, 9.17) is 18.0 Å². The lowest BCUT2D eigenvalue weighted by molar-refractivity contribution is -0.123. The minimum Gasteiger partial charge on any atom is -0.393 e. The van der Waals surface area contributed by atoms with Crippen molar-refractivity contribution in [1.29, 1.82) is 0 Å². The first-order valence-electron chi connectivity index (χ1n) is 6.07. The molecule has 0 aromatic heterocycles. The van der Waals surface area contributed by atoms with Gasteiger partial charge in [0.15, 0.2) is 0 Å². The summed E-state index contributed by atoms with van der Waals surface area (Å²) < 4.78 is 0. The third-order valence-corrected chi connectivity index (χ3v) is 4.10. The van der Waals surface area contributed by atoms with Crippen LogP contribution in [-0.2, 0) is 11.2 Å².